The quantitative estimate of drug-likeness (QED) is 0.918. The number of aromatic nitrogens is 1. The Hall–Kier alpha value is -1.33. The molecule has 0 amide bonds. The average Bonchev–Trinajstić information content (AvgIpc) is 2.67. The van der Waals surface area contributed by atoms with Gasteiger partial charge in [0, 0.05) is 22.5 Å². The van der Waals surface area contributed by atoms with E-state index in [-0.39, 0.29) is 12.1 Å². The summed E-state index contributed by atoms with van der Waals surface area (Å²) in [6, 6.07) is 3.48. The molecule has 0 fully saturated rings. The Morgan fingerprint density at radius 2 is 1.90 bits per heavy atom. The number of halogens is 2. The van der Waals surface area contributed by atoms with Gasteiger partial charge in [-0.3, -0.25) is 0 Å². The molecule has 0 saturated heterocycles. The summed E-state index contributed by atoms with van der Waals surface area (Å²) >= 11 is 1.54. The lowest BCUT2D eigenvalue weighted by molar-refractivity contribution is 0.496. The van der Waals surface area contributed by atoms with Gasteiger partial charge in [-0.05, 0) is 33.8 Å². The molecule has 1 unspecified atom stereocenters. The molecule has 1 atom stereocenters. The molecule has 108 valence electrons. The Balaban J connectivity index is 2.46. The Labute approximate surface area is 121 Å². The molecular formula is C15H18F2N2S. The molecule has 5 heteroatoms. The second kappa shape index (κ2) is 5.97. The maximum Gasteiger partial charge on any atom is 0.131 e. The molecule has 0 bridgehead atoms. The zero-order valence-corrected chi connectivity index (χ0v) is 12.8. The first-order valence-electron chi connectivity index (χ1n) is 6.53. The Morgan fingerprint density at radius 3 is 2.40 bits per heavy atom. The van der Waals surface area contributed by atoms with E-state index >= 15 is 0 Å². The van der Waals surface area contributed by atoms with Crippen molar-refractivity contribution in [3.05, 3.63) is 51.0 Å². The van der Waals surface area contributed by atoms with Crippen molar-refractivity contribution in [2.24, 2.45) is 0 Å². The van der Waals surface area contributed by atoms with E-state index in [1.54, 1.807) is 0 Å². The number of nitrogens with zero attached hydrogens (tertiary/aromatic N) is 1. The highest BCUT2D eigenvalue weighted by atomic mass is 32.1. The predicted octanol–water partition coefficient (Wildman–Crippen LogP) is 4.13. The van der Waals surface area contributed by atoms with Gasteiger partial charge in [-0.1, -0.05) is 6.07 Å². The average molecular weight is 296 g/mol. The van der Waals surface area contributed by atoms with Gasteiger partial charge >= 0.3 is 0 Å². The van der Waals surface area contributed by atoms with Crippen LogP contribution in [-0.4, -0.2) is 11.0 Å². The second-order valence-corrected chi connectivity index (χ2v) is 6.35. The SMILES string of the molecule is Cc1nc(C(NC(C)C)c2ccc(F)cc2F)sc1C. The third-order valence-corrected chi connectivity index (χ3v) is 4.20. The molecule has 1 aromatic carbocycles. The van der Waals surface area contributed by atoms with Crippen LogP contribution in [0.3, 0.4) is 0 Å². The second-order valence-electron chi connectivity index (χ2n) is 5.11. The first-order chi connectivity index (χ1) is 9.38. The number of hydrogen-bond donors (Lipinski definition) is 1. The van der Waals surface area contributed by atoms with E-state index in [0.29, 0.717) is 5.56 Å². The lowest BCUT2D eigenvalue weighted by Gasteiger charge is -2.20. The van der Waals surface area contributed by atoms with Crippen LogP contribution in [0.15, 0.2) is 18.2 Å². The molecule has 0 spiro atoms. The van der Waals surface area contributed by atoms with Gasteiger partial charge in [0.1, 0.15) is 16.6 Å². The summed E-state index contributed by atoms with van der Waals surface area (Å²) in [6.45, 7) is 7.90. The van der Waals surface area contributed by atoms with Crippen molar-refractivity contribution < 1.29 is 8.78 Å². The number of aryl methyl sites for hydroxylation is 2. The molecule has 1 N–H and O–H groups in total. The number of thiazole rings is 1. The zero-order valence-electron chi connectivity index (χ0n) is 12.0. The molecule has 0 radical (unpaired) electrons. The molecule has 2 nitrogen and oxygen atoms in total. The first-order valence-corrected chi connectivity index (χ1v) is 7.35. The molecule has 1 heterocycles. The fourth-order valence-electron chi connectivity index (χ4n) is 1.98. The molecule has 0 aliphatic carbocycles. The summed E-state index contributed by atoms with van der Waals surface area (Å²) in [5.41, 5.74) is 1.37. The number of rotatable bonds is 4. The molecule has 0 saturated carbocycles. The molecule has 20 heavy (non-hydrogen) atoms. The van der Waals surface area contributed by atoms with Crippen LogP contribution in [0.5, 0.6) is 0 Å². The standard InChI is InChI=1S/C15H18F2N2S/c1-8(2)18-14(15-19-9(3)10(4)20-15)12-6-5-11(16)7-13(12)17/h5-8,14,18H,1-4H3. The normalized spacial score (nSPS) is 12.9. The van der Waals surface area contributed by atoms with E-state index in [0.717, 1.165) is 21.6 Å². The van der Waals surface area contributed by atoms with Crippen LogP contribution in [0.4, 0.5) is 8.78 Å². The molecule has 0 aliphatic heterocycles. The predicted molar refractivity (Wildman–Crippen MR) is 78.1 cm³/mol. The van der Waals surface area contributed by atoms with Crippen molar-refractivity contribution in [3.8, 4) is 0 Å². The summed E-state index contributed by atoms with van der Waals surface area (Å²) in [7, 11) is 0. The van der Waals surface area contributed by atoms with Crippen LogP contribution in [0.2, 0.25) is 0 Å². The highest BCUT2D eigenvalue weighted by molar-refractivity contribution is 7.11. The number of nitrogens with one attached hydrogen (secondary N) is 1. The smallest absolute Gasteiger partial charge is 0.131 e. The minimum Gasteiger partial charge on any atom is -0.302 e. The minimum atomic E-state index is -0.568. The van der Waals surface area contributed by atoms with Crippen LogP contribution in [0, 0.1) is 25.5 Å². The van der Waals surface area contributed by atoms with Crippen molar-refractivity contribution in [2.45, 2.75) is 39.8 Å². The molecular weight excluding hydrogens is 278 g/mol. The maximum absolute atomic E-state index is 14.0. The van der Waals surface area contributed by atoms with E-state index in [1.165, 1.54) is 23.5 Å². The van der Waals surface area contributed by atoms with Crippen LogP contribution in [0.25, 0.3) is 0 Å². The summed E-state index contributed by atoms with van der Waals surface area (Å²) in [6.07, 6.45) is 0. The van der Waals surface area contributed by atoms with Gasteiger partial charge in [0.25, 0.3) is 0 Å². The summed E-state index contributed by atoms with van der Waals surface area (Å²) in [4.78, 5) is 5.61. The Bertz CT molecular complexity index is 588. The van der Waals surface area contributed by atoms with E-state index in [2.05, 4.69) is 10.3 Å². The third kappa shape index (κ3) is 3.22. The molecule has 0 aliphatic rings. The zero-order chi connectivity index (χ0) is 14.9. The summed E-state index contributed by atoms with van der Waals surface area (Å²) < 4.78 is 27.1. The van der Waals surface area contributed by atoms with Crippen LogP contribution in [0.1, 0.15) is 41.0 Å². The topological polar surface area (TPSA) is 24.9 Å². The van der Waals surface area contributed by atoms with Gasteiger partial charge in [0.15, 0.2) is 0 Å². The minimum absolute atomic E-state index is 0.161. The Morgan fingerprint density at radius 1 is 1.20 bits per heavy atom. The summed E-state index contributed by atoms with van der Waals surface area (Å²) in [5, 5.41) is 4.10. The van der Waals surface area contributed by atoms with Crippen LogP contribution < -0.4 is 5.32 Å². The fourth-order valence-corrected chi connectivity index (χ4v) is 2.99. The van der Waals surface area contributed by atoms with E-state index in [4.69, 9.17) is 0 Å². The lowest BCUT2D eigenvalue weighted by Crippen LogP contribution is -2.29. The highest BCUT2D eigenvalue weighted by Gasteiger charge is 2.22. The van der Waals surface area contributed by atoms with Gasteiger partial charge in [0.2, 0.25) is 0 Å². The van der Waals surface area contributed by atoms with Crippen molar-refractivity contribution in [1.29, 1.82) is 0 Å². The van der Waals surface area contributed by atoms with E-state index in [1.807, 2.05) is 27.7 Å². The number of hydrogen-bond acceptors (Lipinski definition) is 3. The lowest BCUT2D eigenvalue weighted by atomic mass is 10.1. The largest absolute Gasteiger partial charge is 0.302 e. The van der Waals surface area contributed by atoms with Crippen molar-refractivity contribution in [2.75, 3.05) is 0 Å². The maximum atomic E-state index is 14.0. The van der Waals surface area contributed by atoms with Crippen LogP contribution in [-0.2, 0) is 0 Å². The Kier molecular flexibility index (Phi) is 4.50. The monoisotopic (exact) mass is 296 g/mol. The van der Waals surface area contributed by atoms with Crippen molar-refractivity contribution in [3.63, 3.8) is 0 Å². The van der Waals surface area contributed by atoms with E-state index < -0.39 is 11.6 Å². The van der Waals surface area contributed by atoms with Gasteiger partial charge in [0.05, 0.1) is 11.7 Å². The van der Waals surface area contributed by atoms with Crippen molar-refractivity contribution in [1.82, 2.24) is 10.3 Å². The van der Waals surface area contributed by atoms with E-state index in [9.17, 15) is 8.78 Å². The summed E-state index contributed by atoms with van der Waals surface area (Å²) in [5.74, 6) is -1.12. The van der Waals surface area contributed by atoms with Gasteiger partial charge in [-0.2, -0.15) is 0 Å². The van der Waals surface area contributed by atoms with Gasteiger partial charge < -0.3 is 5.32 Å². The molecule has 2 rings (SSSR count). The fraction of sp³-hybridized carbons (Fsp3) is 0.400. The van der Waals surface area contributed by atoms with Gasteiger partial charge in [-0.25, -0.2) is 13.8 Å². The van der Waals surface area contributed by atoms with Crippen LogP contribution >= 0.6 is 11.3 Å². The first kappa shape index (κ1) is 15.1. The molecule has 2 aromatic rings. The van der Waals surface area contributed by atoms with Gasteiger partial charge in [-0.15, -0.1) is 11.3 Å². The number of benzene rings is 1. The van der Waals surface area contributed by atoms with Crippen molar-refractivity contribution >= 4 is 11.3 Å². The highest BCUT2D eigenvalue weighted by Crippen LogP contribution is 2.30. The molecule has 1 aromatic heterocycles. The third-order valence-electron chi connectivity index (χ3n) is 3.07.